The molecule has 0 aromatic rings. The SMILES string of the molecule is CCC(CN1CCN(CC(CC)S(=O)(=O)O)CC1)S(=O)(=O)O. The first kappa shape index (κ1) is 19.8. The van der Waals surface area contributed by atoms with Gasteiger partial charge in [0.1, 0.15) is 0 Å². The van der Waals surface area contributed by atoms with Crippen molar-refractivity contribution in [3.8, 4) is 0 Å². The lowest BCUT2D eigenvalue weighted by atomic mass is 10.2. The summed E-state index contributed by atoms with van der Waals surface area (Å²) in [5.74, 6) is 0. The van der Waals surface area contributed by atoms with Gasteiger partial charge in [0.2, 0.25) is 0 Å². The maximum absolute atomic E-state index is 11.2. The van der Waals surface area contributed by atoms with E-state index in [4.69, 9.17) is 9.11 Å². The first-order valence-electron chi connectivity index (χ1n) is 7.45. The van der Waals surface area contributed by atoms with Crippen LogP contribution in [0.4, 0.5) is 0 Å². The van der Waals surface area contributed by atoms with Crippen LogP contribution in [0.1, 0.15) is 26.7 Å². The first-order valence-corrected chi connectivity index (χ1v) is 10.5. The summed E-state index contributed by atoms with van der Waals surface area (Å²) in [7, 11) is -8.08. The first-order chi connectivity index (χ1) is 10.1. The van der Waals surface area contributed by atoms with Crippen LogP contribution in [-0.2, 0) is 20.2 Å². The van der Waals surface area contributed by atoms with E-state index in [1.807, 2.05) is 9.80 Å². The molecule has 22 heavy (non-hydrogen) atoms. The zero-order chi connectivity index (χ0) is 17.0. The highest BCUT2D eigenvalue weighted by Crippen LogP contribution is 2.12. The van der Waals surface area contributed by atoms with Gasteiger partial charge >= 0.3 is 0 Å². The predicted molar refractivity (Wildman–Crippen MR) is 84.1 cm³/mol. The van der Waals surface area contributed by atoms with E-state index in [0.29, 0.717) is 39.0 Å². The van der Waals surface area contributed by atoms with Gasteiger partial charge in [0, 0.05) is 39.3 Å². The second-order valence-electron chi connectivity index (χ2n) is 5.69. The summed E-state index contributed by atoms with van der Waals surface area (Å²) >= 11 is 0. The van der Waals surface area contributed by atoms with Crippen LogP contribution in [0.15, 0.2) is 0 Å². The largest absolute Gasteiger partial charge is 0.299 e. The molecule has 1 fully saturated rings. The van der Waals surface area contributed by atoms with Crippen molar-refractivity contribution >= 4 is 20.2 Å². The molecule has 1 heterocycles. The molecule has 1 aliphatic rings. The fourth-order valence-corrected chi connectivity index (χ4v) is 4.24. The number of rotatable bonds is 8. The molecule has 8 nitrogen and oxygen atoms in total. The molecular weight excluding hydrogens is 332 g/mol. The molecule has 2 atom stereocenters. The Morgan fingerprint density at radius 3 is 1.23 bits per heavy atom. The van der Waals surface area contributed by atoms with Crippen LogP contribution in [0, 0.1) is 0 Å². The van der Waals surface area contributed by atoms with Crippen LogP contribution in [0.5, 0.6) is 0 Å². The van der Waals surface area contributed by atoms with E-state index in [1.54, 1.807) is 13.8 Å². The molecule has 10 heteroatoms. The fraction of sp³-hybridized carbons (Fsp3) is 1.00. The average molecular weight is 358 g/mol. The highest BCUT2D eigenvalue weighted by molar-refractivity contribution is 7.86. The Kier molecular flexibility index (Phi) is 7.21. The van der Waals surface area contributed by atoms with Crippen LogP contribution in [0.25, 0.3) is 0 Å². The maximum atomic E-state index is 11.2. The summed E-state index contributed by atoms with van der Waals surface area (Å²) in [6, 6.07) is 0. The monoisotopic (exact) mass is 358 g/mol. The van der Waals surface area contributed by atoms with E-state index >= 15 is 0 Å². The third-order valence-corrected chi connectivity index (χ3v) is 6.79. The van der Waals surface area contributed by atoms with Gasteiger partial charge in [-0.1, -0.05) is 13.8 Å². The summed E-state index contributed by atoms with van der Waals surface area (Å²) in [5, 5.41) is -1.58. The summed E-state index contributed by atoms with van der Waals surface area (Å²) in [4.78, 5) is 3.90. The molecule has 132 valence electrons. The van der Waals surface area contributed by atoms with Gasteiger partial charge in [-0.2, -0.15) is 16.8 Å². The lowest BCUT2D eigenvalue weighted by Gasteiger charge is -2.36. The molecule has 2 unspecified atom stereocenters. The van der Waals surface area contributed by atoms with Crippen molar-refractivity contribution in [2.75, 3.05) is 39.3 Å². The predicted octanol–water partition coefficient (Wildman–Crippen LogP) is -0.0632. The summed E-state index contributed by atoms with van der Waals surface area (Å²) < 4.78 is 63.2. The van der Waals surface area contributed by atoms with Crippen LogP contribution >= 0.6 is 0 Å². The third-order valence-electron chi connectivity index (χ3n) is 4.14. The topological polar surface area (TPSA) is 115 Å². The summed E-state index contributed by atoms with van der Waals surface area (Å²) in [6.45, 7) is 6.40. The van der Waals surface area contributed by atoms with Crippen molar-refractivity contribution in [3.05, 3.63) is 0 Å². The molecule has 2 N–H and O–H groups in total. The lowest BCUT2D eigenvalue weighted by Crippen LogP contribution is -2.51. The van der Waals surface area contributed by atoms with Gasteiger partial charge < -0.3 is 0 Å². The second kappa shape index (κ2) is 8.02. The number of hydrogen-bond donors (Lipinski definition) is 2. The minimum Gasteiger partial charge on any atom is -0.299 e. The number of nitrogens with zero attached hydrogens (tertiary/aromatic N) is 2. The highest BCUT2D eigenvalue weighted by Gasteiger charge is 2.29. The molecule has 1 aliphatic heterocycles. The molecule has 0 aromatic carbocycles. The number of piperazine rings is 1. The van der Waals surface area contributed by atoms with Crippen molar-refractivity contribution in [1.82, 2.24) is 9.80 Å². The molecule has 0 aromatic heterocycles. The van der Waals surface area contributed by atoms with E-state index in [1.165, 1.54) is 0 Å². The Morgan fingerprint density at radius 2 is 1.05 bits per heavy atom. The Labute approximate surface area is 133 Å². The van der Waals surface area contributed by atoms with E-state index in [9.17, 15) is 16.8 Å². The standard InChI is InChI=1S/C12H26N2O6S2/c1-3-11(21(15,16)17)9-13-5-7-14(8-6-13)10-12(4-2)22(18,19)20/h11-12H,3-10H2,1-2H3,(H,15,16,17)(H,18,19,20). The highest BCUT2D eigenvalue weighted by atomic mass is 32.2. The van der Waals surface area contributed by atoms with Gasteiger partial charge in [0.15, 0.2) is 0 Å². The average Bonchev–Trinajstić information content (AvgIpc) is 2.40. The molecule has 0 saturated carbocycles. The van der Waals surface area contributed by atoms with Crippen LogP contribution in [-0.4, -0.2) is 85.5 Å². The minimum absolute atomic E-state index is 0.276. The van der Waals surface area contributed by atoms with Gasteiger partial charge in [-0.3, -0.25) is 18.9 Å². The zero-order valence-electron chi connectivity index (χ0n) is 13.0. The normalized spacial score (nSPS) is 21.6. The van der Waals surface area contributed by atoms with Gasteiger partial charge in [-0.05, 0) is 12.8 Å². The smallest absolute Gasteiger partial charge is 0.269 e. The van der Waals surface area contributed by atoms with Crippen LogP contribution in [0.3, 0.4) is 0 Å². The maximum Gasteiger partial charge on any atom is 0.269 e. The molecule has 0 aliphatic carbocycles. The zero-order valence-corrected chi connectivity index (χ0v) is 14.7. The second-order valence-corrected chi connectivity index (χ2v) is 9.08. The van der Waals surface area contributed by atoms with Crippen LogP contribution < -0.4 is 0 Å². The van der Waals surface area contributed by atoms with Crippen molar-refractivity contribution in [2.45, 2.75) is 37.2 Å². The van der Waals surface area contributed by atoms with Crippen molar-refractivity contribution in [2.24, 2.45) is 0 Å². The van der Waals surface area contributed by atoms with Crippen LogP contribution in [0.2, 0.25) is 0 Å². The lowest BCUT2D eigenvalue weighted by molar-refractivity contribution is 0.130. The molecule has 1 saturated heterocycles. The Morgan fingerprint density at radius 1 is 0.773 bits per heavy atom. The van der Waals surface area contributed by atoms with Gasteiger partial charge in [-0.25, -0.2) is 0 Å². The van der Waals surface area contributed by atoms with Crippen molar-refractivity contribution in [3.63, 3.8) is 0 Å². The molecule has 0 amide bonds. The molecular formula is C12H26N2O6S2. The van der Waals surface area contributed by atoms with Gasteiger partial charge in [-0.15, -0.1) is 0 Å². The quantitative estimate of drug-likeness (QED) is 0.580. The third kappa shape index (κ3) is 6.09. The van der Waals surface area contributed by atoms with Gasteiger partial charge in [0.25, 0.3) is 20.2 Å². The van der Waals surface area contributed by atoms with Crippen molar-refractivity contribution < 1.29 is 25.9 Å². The Balaban J connectivity index is 2.50. The molecule has 0 spiro atoms. The minimum atomic E-state index is -4.04. The van der Waals surface area contributed by atoms with E-state index in [0.717, 1.165) is 0 Å². The Hall–Kier alpha value is -0.260. The van der Waals surface area contributed by atoms with E-state index in [-0.39, 0.29) is 13.1 Å². The molecule has 1 rings (SSSR count). The molecule has 0 bridgehead atoms. The Bertz CT molecular complexity index is 490. The van der Waals surface area contributed by atoms with Crippen molar-refractivity contribution in [1.29, 1.82) is 0 Å². The summed E-state index contributed by atoms with van der Waals surface area (Å²) in [6.07, 6.45) is 0.694. The summed E-state index contributed by atoms with van der Waals surface area (Å²) in [5.41, 5.74) is 0. The van der Waals surface area contributed by atoms with Gasteiger partial charge in [0.05, 0.1) is 10.5 Å². The van der Waals surface area contributed by atoms with E-state index < -0.39 is 30.7 Å². The molecule has 0 radical (unpaired) electrons. The van der Waals surface area contributed by atoms with E-state index in [2.05, 4.69) is 0 Å². The fourth-order valence-electron chi connectivity index (χ4n) is 2.60. The number of hydrogen-bond acceptors (Lipinski definition) is 6.